The third-order valence-electron chi connectivity index (χ3n) is 3.22. The van der Waals surface area contributed by atoms with Gasteiger partial charge < -0.3 is 14.8 Å². The normalized spacial score (nSPS) is 11.2. The maximum atomic E-state index is 12.1. The lowest BCUT2D eigenvalue weighted by Gasteiger charge is -2.16. The molecule has 24 heavy (non-hydrogen) atoms. The molecule has 2 aromatic rings. The number of esters is 2. The number of carbonyl (C=O) groups is 3. The summed E-state index contributed by atoms with van der Waals surface area (Å²) in [5.74, 6) is -1.74. The van der Waals surface area contributed by atoms with Crippen molar-refractivity contribution in [2.75, 3.05) is 13.7 Å². The third-order valence-corrected chi connectivity index (χ3v) is 3.22. The minimum Gasteiger partial charge on any atom is -0.467 e. The number of carbonyl (C=O) groups excluding carboxylic acids is 3. The minimum absolute atomic E-state index is 0.320. The van der Waals surface area contributed by atoms with Crippen LogP contribution >= 0.6 is 0 Å². The molecule has 1 atom stereocenters. The number of rotatable bonds is 6. The first-order chi connectivity index (χ1) is 11.6. The zero-order valence-electron chi connectivity index (χ0n) is 13.1. The smallest absolute Gasteiger partial charge is 0.338 e. The quantitative estimate of drug-likeness (QED) is 0.818. The lowest BCUT2D eigenvalue weighted by atomic mass is 10.2. The first-order valence-corrected chi connectivity index (χ1v) is 7.27. The van der Waals surface area contributed by atoms with Crippen molar-refractivity contribution in [3.05, 3.63) is 71.8 Å². The van der Waals surface area contributed by atoms with E-state index in [0.29, 0.717) is 11.1 Å². The van der Waals surface area contributed by atoms with Gasteiger partial charge in [0.05, 0.1) is 12.7 Å². The monoisotopic (exact) mass is 327 g/mol. The molecule has 0 spiro atoms. The Labute approximate surface area is 139 Å². The Morgan fingerprint density at radius 1 is 0.917 bits per heavy atom. The van der Waals surface area contributed by atoms with Gasteiger partial charge in [-0.1, -0.05) is 36.4 Å². The fourth-order valence-corrected chi connectivity index (χ4v) is 1.96. The molecule has 0 bridgehead atoms. The Kier molecular flexibility index (Phi) is 6.08. The van der Waals surface area contributed by atoms with Crippen molar-refractivity contribution < 1.29 is 23.9 Å². The third kappa shape index (κ3) is 4.67. The van der Waals surface area contributed by atoms with E-state index in [1.54, 1.807) is 60.7 Å². The van der Waals surface area contributed by atoms with Crippen LogP contribution in [0.25, 0.3) is 0 Å². The van der Waals surface area contributed by atoms with Crippen LogP contribution in [-0.2, 0) is 14.3 Å². The number of methoxy groups -OCH3 is 1. The van der Waals surface area contributed by atoms with Crippen molar-refractivity contribution in [2.24, 2.45) is 0 Å². The SMILES string of the molecule is COC(=O)[C@@H](COC(=O)c1ccccc1)NC(=O)c1ccccc1. The van der Waals surface area contributed by atoms with Gasteiger partial charge in [-0.2, -0.15) is 0 Å². The van der Waals surface area contributed by atoms with Gasteiger partial charge in [0.1, 0.15) is 6.61 Å². The van der Waals surface area contributed by atoms with Crippen molar-refractivity contribution in [3.8, 4) is 0 Å². The summed E-state index contributed by atoms with van der Waals surface area (Å²) in [4.78, 5) is 35.9. The largest absolute Gasteiger partial charge is 0.467 e. The van der Waals surface area contributed by atoms with Crippen molar-refractivity contribution in [3.63, 3.8) is 0 Å². The van der Waals surface area contributed by atoms with Crippen LogP contribution in [0.2, 0.25) is 0 Å². The molecule has 0 saturated heterocycles. The van der Waals surface area contributed by atoms with E-state index in [1.807, 2.05) is 0 Å². The molecule has 2 rings (SSSR count). The molecule has 0 aliphatic carbocycles. The Morgan fingerprint density at radius 2 is 1.46 bits per heavy atom. The molecule has 0 saturated carbocycles. The standard InChI is InChI=1S/C18H17NO5/c1-23-18(22)15(19-16(20)13-8-4-2-5-9-13)12-24-17(21)14-10-6-3-7-11-14/h2-11,15H,12H2,1H3,(H,19,20)/t15-/m1/s1. The molecule has 0 heterocycles. The highest BCUT2D eigenvalue weighted by atomic mass is 16.5. The van der Waals surface area contributed by atoms with Crippen molar-refractivity contribution >= 4 is 17.8 Å². The van der Waals surface area contributed by atoms with Gasteiger partial charge in [-0.15, -0.1) is 0 Å². The summed E-state index contributed by atoms with van der Waals surface area (Å²) in [7, 11) is 1.20. The van der Waals surface area contributed by atoms with E-state index in [-0.39, 0.29) is 6.61 Å². The summed E-state index contributed by atoms with van der Waals surface area (Å²) in [6.07, 6.45) is 0. The van der Waals surface area contributed by atoms with Crippen molar-refractivity contribution in [2.45, 2.75) is 6.04 Å². The van der Waals surface area contributed by atoms with Crippen LogP contribution < -0.4 is 5.32 Å². The van der Waals surface area contributed by atoms with Crippen LogP contribution in [0.15, 0.2) is 60.7 Å². The van der Waals surface area contributed by atoms with E-state index >= 15 is 0 Å². The fraction of sp³-hybridized carbons (Fsp3) is 0.167. The Morgan fingerprint density at radius 3 is 2.00 bits per heavy atom. The Balaban J connectivity index is 2.00. The summed E-state index contributed by atoms with van der Waals surface area (Å²) in [6.45, 7) is -0.320. The predicted octanol–water partition coefficient (Wildman–Crippen LogP) is 1.81. The van der Waals surface area contributed by atoms with Crippen molar-refractivity contribution in [1.82, 2.24) is 5.32 Å². The van der Waals surface area contributed by atoms with Gasteiger partial charge in [-0.25, -0.2) is 9.59 Å². The van der Waals surface area contributed by atoms with E-state index in [4.69, 9.17) is 4.74 Å². The van der Waals surface area contributed by atoms with Gasteiger partial charge in [0.25, 0.3) is 5.91 Å². The molecular formula is C18H17NO5. The van der Waals surface area contributed by atoms with E-state index < -0.39 is 23.9 Å². The van der Waals surface area contributed by atoms with Gasteiger partial charge in [0, 0.05) is 5.56 Å². The molecule has 1 amide bonds. The molecule has 124 valence electrons. The van der Waals surface area contributed by atoms with Crippen LogP contribution in [0.4, 0.5) is 0 Å². The minimum atomic E-state index is -1.09. The average Bonchev–Trinajstić information content (AvgIpc) is 2.65. The van der Waals surface area contributed by atoms with Gasteiger partial charge >= 0.3 is 11.9 Å². The average molecular weight is 327 g/mol. The highest BCUT2D eigenvalue weighted by molar-refractivity contribution is 5.97. The summed E-state index contributed by atoms with van der Waals surface area (Å²) >= 11 is 0. The van der Waals surface area contributed by atoms with Crippen LogP contribution in [-0.4, -0.2) is 37.6 Å². The highest BCUT2D eigenvalue weighted by Crippen LogP contribution is 2.04. The van der Waals surface area contributed by atoms with Gasteiger partial charge in [-0.3, -0.25) is 4.79 Å². The molecule has 1 N–H and O–H groups in total. The summed E-state index contributed by atoms with van der Waals surface area (Å²) in [6, 6.07) is 15.7. The lowest BCUT2D eigenvalue weighted by molar-refractivity contribution is -0.143. The van der Waals surface area contributed by atoms with E-state index in [0.717, 1.165) is 0 Å². The molecule has 0 aliphatic heterocycles. The van der Waals surface area contributed by atoms with E-state index in [1.165, 1.54) is 7.11 Å². The molecular weight excluding hydrogens is 310 g/mol. The molecule has 0 aromatic heterocycles. The number of hydrogen-bond donors (Lipinski definition) is 1. The molecule has 6 heteroatoms. The molecule has 0 unspecified atom stereocenters. The molecule has 0 aliphatic rings. The van der Waals surface area contributed by atoms with Crippen LogP contribution in [0.1, 0.15) is 20.7 Å². The number of nitrogens with one attached hydrogen (secondary N) is 1. The molecule has 6 nitrogen and oxygen atoms in total. The fourth-order valence-electron chi connectivity index (χ4n) is 1.96. The first-order valence-electron chi connectivity index (χ1n) is 7.27. The van der Waals surface area contributed by atoms with Crippen LogP contribution in [0.5, 0.6) is 0 Å². The number of benzene rings is 2. The summed E-state index contributed by atoms with van der Waals surface area (Å²) in [5, 5.41) is 2.50. The van der Waals surface area contributed by atoms with Gasteiger partial charge in [0.2, 0.25) is 0 Å². The first kappa shape index (κ1) is 17.2. The molecule has 0 fully saturated rings. The number of hydrogen-bond acceptors (Lipinski definition) is 5. The second-order valence-corrected chi connectivity index (χ2v) is 4.88. The molecule has 0 radical (unpaired) electrons. The van der Waals surface area contributed by atoms with E-state index in [2.05, 4.69) is 10.1 Å². The van der Waals surface area contributed by atoms with Crippen LogP contribution in [0, 0.1) is 0 Å². The zero-order valence-corrected chi connectivity index (χ0v) is 13.1. The number of amides is 1. The Hall–Kier alpha value is -3.15. The topological polar surface area (TPSA) is 81.7 Å². The maximum Gasteiger partial charge on any atom is 0.338 e. The second-order valence-electron chi connectivity index (χ2n) is 4.88. The van der Waals surface area contributed by atoms with Crippen molar-refractivity contribution in [1.29, 1.82) is 0 Å². The van der Waals surface area contributed by atoms with Crippen LogP contribution in [0.3, 0.4) is 0 Å². The summed E-state index contributed by atoms with van der Waals surface area (Å²) in [5.41, 5.74) is 0.747. The Bertz CT molecular complexity index is 700. The van der Waals surface area contributed by atoms with Gasteiger partial charge in [-0.05, 0) is 24.3 Å². The lowest BCUT2D eigenvalue weighted by Crippen LogP contribution is -2.45. The maximum absolute atomic E-state index is 12.1. The predicted molar refractivity (Wildman–Crippen MR) is 86.4 cm³/mol. The molecule has 2 aromatic carbocycles. The highest BCUT2D eigenvalue weighted by Gasteiger charge is 2.24. The zero-order chi connectivity index (χ0) is 17.4. The second kappa shape index (κ2) is 8.47. The van der Waals surface area contributed by atoms with E-state index in [9.17, 15) is 14.4 Å². The summed E-state index contributed by atoms with van der Waals surface area (Å²) < 4.78 is 9.74. The number of ether oxygens (including phenoxy) is 2. The van der Waals surface area contributed by atoms with Gasteiger partial charge in [0.15, 0.2) is 6.04 Å².